The molecule has 0 aliphatic heterocycles. The molecule has 4 N–H and O–H groups in total. The van der Waals surface area contributed by atoms with Crippen LogP contribution in [0.1, 0.15) is 31.3 Å². The molecule has 0 aliphatic rings. The average molecular weight is 341 g/mol. The van der Waals surface area contributed by atoms with Gasteiger partial charge in [0, 0.05) is 0 Å². The molecule has 0 aliphatic carbocycles. The van der Waals surface area contributed by atoms with Crippen LogP contribution in [0.3, 0.4) is 0 Å². The van der Waals surface area contributed by atoms with E-state index in [0.717, 1.165) is 29.7 Å². The molecule has 120 valence electrons. The van der Waals surface area contributed by atoms with Crippen LogP contribution in [0.15, 0.2) is 30.3 Å². The first-order valence-corrected chi connectivity index (χ1v) is 6.92. The van der Waals surface area contributed by atoms with Crippen LogP contribution in [-0.2, 0) is 6.18 Å². The Morgan fingerprint density at radius 2 is 1.78 bits per heavy atom. The molecule has 0 unspecified atom stereocenters. The van der Waals surface area contributed by atoms with Gasteiger partial charge in [0.25, 0.3) is 5.91 Å². The van der Waals surface area contributed by atoms with Crippen molar-refractivity contribution < 1.29 is 22.8 Å². The van der Waals surface area contributed by atoms with Crippen molar-refractivity contribution in [2.45, 2.75) is 6.18 Å². The number of hydrogen-bond acceptors (Lipinski definition) is 5. The lowest BCUT2D eigenvalue weighted by molar-refractivity contribution is -0.137. The molecule has 0 bridgehead atoms. The average Bonchev–Trinajstić information content (AvgIpc) is 2.86. The highest BCUT2D eigenvalue weighted by atomic mass is 32.1. The highest BCUT2D eigenvalue weighted by molar-refractivity contribution is 7.09. The molecule has 2 aromatic rings. The third-order valence-corrected chi connectivity index (χ3v) is 3.73. The summed E-state index contributed by atoms with van der Waals surface area (Å²) in [4.78, 5) is 23.0. The Labute approximate surface area is 132 Å². The summed E-state index contributed by atoms with van der Waals surface area (Å²) in [6.45, 7) is 0. The van der Waals surface area contributed by atoms with Crippen molar-refractivity contribution in [1.82, 2.24) is 4.37 Å². The van der Waals surface area contributed by atoms with E-state index in [-0.39, 0.29) is 16.3 Å². The topological polar surface area (TPSA) is 99.1 Å². The van der Waals surface area contributed by atoms with Gasteiger partial charge < -0.3 is 11.5 Å². The number of carbonyl (C=O) groups excluding carboxylic acids is 2. The van der Waals surface area contributed by atoms with E-state index in [4.69, 9.17) is 11.5 Å². The highest BCUT2D eigenvalue weighted by Crippen LogP contribution is 2.29. The minimum atomic E-state index is -4.42. The minimum absolute atomic E-state index is 0.0435. The fraction of sp³-hybridized carbons (Fsp3) is 0.0714. The lowest BCUT2D eigenvalue weighted by Crippen LogP contribution is -2.13. The summed E-state index contributed by atoms with van der Waals surface area (Å²) in [6.07, 6.45) is -1.94. The van der Waals surface area contributed by atoms with E-state index in [2.05, 4.69) is 4.37 Å². The van der Waals surface area contributed by atoms with Crippen molar-refractivity contribution in [2.75, 3.05) is 5.73 Å². The fourth-order valence-electron chi connectivity index (χ4n) is 1.68. The number of rotatable bonds is 4. The highest BCUT2D eigenvalue weighted by Gasteiger charge is 2.29. The zero-order chi connectivity index (χ0) is 17.2. The van der Waals surface area contributed by atoms with Crippen molar-refractivity contribution in [3.63, 3.8) is 0 Å². The molecule has 0 spiro atoms. The SMILES string of the molecule is NC(=O)c1nsc(C(=O)/C=C/c2ccc(C(F)(F)F)cc2)c1N. The molecule has 0 saturated carbocycles. The van der Waals surface area contributed by atoms with Crippen molar-refractivity contribution >= 4 is 35.0 Å². The van der Waals surface area contributed by atoms with Gasteiger partial charge in [0.05, 0.1) is 11.3 Å². The summed E-state index contributed by atoms with van der Waals surface area (Å²) in [6, 6.07) is 4.29. The fourth-order valence-corrected chi connectivity index (χ4v) is 2.41. The number of aromatic nitrogens is 1. The smallest absolute Gasteiger partial charge is 0.395 e. The van der Waals surface area contributed by atoms with E-state index in [0.29, 0.717) is 5.56 Å². The number of halogens is 3. The number of amides is 1. The third-order valence-electron chi connectivity index (χ3n) is 2.85. The molecule has 1 amide bonds. The van der Waals surface area contributed by atoms with Crippen LogP contribution in [0, 0.1) is 0 Å². The van der Waals surface area contributed by atoms with Crippen LogP contribution in [0.2, 0.25) is 0 Å². The Balaban J connectivity index is 2.17. The number of nitrogens with zero attached hydrogens (tertiary/aromatic N) is 1. The summed E-state index contributed by atoms with van der Waals surface area (Å²) >= 11 is 0.728. The molecule has 1 aromatic heterocycles. The number of nitrogen functional groups attached to an aromatic ring is 1. The van der Waals surface area contributed by atoms with Crippen molar-refractivity contribution in [2.24, 2.45) is 5.73 Å². The third kappa shape index (κ3) is 3.75. The zero-order valence-electron chi connectivity index (χ0n) is 11.4. The van der Waals surface area contributed by atoms with Crippen molar-refractivity contribution in [3.8, 4) is 0 Å². The Kier molecular flexibility index (Phi) is 4.50. The second-order valence-electron chi connectivity index (χ2n) is 4.46. The number of hydrogen-bond donors (Lipinski definition) is 2. The summed E-state index contributed by atoms with van der Waals surface area (Å²) in [5, 5.41) is 0. The van der Waals surface area contributed by atoms with Crippen LogP contribution in [0.25, 0.3) is 6.08 Å². The maximum atomic E-state index is 12.4. The van der Waals surface area contributed by atoms with E-state index in [1.807, 2.05) is 0 Å². The number of carbonyl (C=O) groups is 2. The minimum Gasteiger partial charge on any atom is -0.395 e. The second kappa shape index (κ2) is 6.21. The van der Waals surface area contributed by atoms with Crippen LogP contribution < -0.4 is 11.5 Å². The number of allylic oxidation sites excluding steroid dienone is 1. The second-order valence-corrected chi connectivity index (χ2v) is 5.23. The zero-order valence-corrected chi connectivity index (χ0v) is 12.2. The molecule has 0 fully saturated rings. The van der Waals surface area contributed by atoms with Gasteiger partial charge in [0.15, 0.2) is 11.5 Å². The Morgan fingerprint density at radius 1 is 1.17 bits per heavy atom. The van der Waals surface area contributed by atoms with E-state index in [1.54, 1.807) is 0 Å². The number of anilines is 1. The first-order chi connectivity index (χ1) is 10.7. The number of ketones is 1. The van der Waals surface area contributed by atoms with Gasteiger partial charge in [0.1, 0.15) is 4.88 Å². The quantitative estimate of drug-likeness (QED) is 0.660. The van der Waals surface area contributed by atoms with Gasteiger partial charge in [-0.15, -0.1) is 0 Å². The molecular formula is C14H10F3N3O2S. The first kappa shape index (κ1) is 16.7. The summed E-state index contributed by atoms with van der Waals surface area (Å²) < 4.78 is 41.0. The molecule has 9 heteroatoms. The molecule has 0 radical (unpaired) electrons. The van der Waals surface area contributed by atoms with Gasteiger partial charge in [-0.2, -0.15) is 17.5 Å². The van der Waals surface area contributed by atoms with E-state index >= 15 is 0 Å². The molecule has 0 saturated heterocycles. The van der Waals surface area contributed by atoms with Crippen LogP contribution in [0.4, 0.5) is 18.9 Å². The summed E-state index contributed by atoms with van der Waals surface area (Å²) in [5.41, 5.74) is 10.00. The summed E-state index contributed by atoms with van der Waals surface area (Å²) in [7, 11) is 0. The maximum Gasteiger partial charge on any atom is 0.416 e. The predicted molar refractivity (Wildman–Crippen MR) is 79.9 cm³/mol. The lowest BCUT2D eigenvalue weighted by atomic mass is 10.1. The molecule has 1 heterocycles. The van der Waals surface area contributed by atoms with E-state index in [1.165, 1.54) is 18.2 Å². The van der Waals surface area contributed by atoms with Gasteiger partial charge in [-0.25, -0.2) is 0 Å². The van der Waals surface area contributed by atoms with E-state index < -0.39 is 23.4 Å². The molecular weight excluding hydrogens is 331 g/mol. The molecule has 1 aromatic carbocycles. The number of benzene rings is 1. The monoisotopic (exact) mass is 341 g/mol. The standard InChI is InChI=1S/C14H10F3N3O2S/c15-14(16,17)8-4-1-7(2-5-8)3-6-9(21)12-10(18)11(13(19)22)20-23-12/h1-6H,18H2,(H2,19,22)/b6-3+. The molecule has 0 atom stereocenters. The van der Waals surface area contributed by atoms with Crippen molar-refractivity contribution in [1.29, 1.82) is 0 Å². The molecule has 23 heavy (non-hydrogen) atoms. The van der Waals surface area contributed by atoms with Gasteiger partial charge in [-0.1, -0.05) is 18.2 Å². The van der Waals surface area contributed by atoms with Gasteiger partial charge >= 0.3 is 6.18 Å². The van der Waals surface area contributed by atoms with Crippen molar-refractivity contribution in [3.05, 3.63) is 52.0 Å². The Hall–Kier alpha value is -2.68. The van der Waals surface area contributed by atoms with Gasteiger partial charge in [0.2, 0.25) is 0 Å². The normalized spacial score (nSPS) is 11.8. The number of primary amides is 1. The first-order valence-electron chi connectivity index (χ1n) is 6.14. The molecule has 5 nitrogen and oxygen atoms in total. The number of nitrogens with two attached hydrogens (primary N) is 2. The summed E-state index contributed by atoms with van der Waals surface area (Å²) in [5.74, 6) is -1.36. The predicted octanol–water partition coefficient (Wildman–Crippen LogP) is 2.74. The number of alkyl halides is 3. The lowest BCUT2D eigenvalue weighted by Gasteiger charge is -2.05. The Morgan fingerprint density at radius 3 is 2.26 bits per heavy atom. The molecule has 2 rings (SSSR count). The van der Waals surface area contributed by atoms with Crippen LogP contribution in [0.5, 0.6) is 0 Å². The maximum absolute atomic E-state index is 12.4. The van der Waals surface area contributed by atoms with Gasteiger partial charge in [-0.3, -0.25) is 9.59 Å². The van der Waals surface area contributed by atoms with Gasteiger partial charge in [-0.05, 0) is 35.3 Å². The Bertz CT molecular complexity index is 780. The van der Waals surface area contributed by atoms with Crippen LogP contribution in [-0.4, -0.2) is 16.1 Å². The van der Waals surface area contributed by atoms with E-state index in [9.17, 15) is 22.8 Å². The van der Waals surface area contributed by atoms with Crippen LogP contribution >= 0.6 is 11.5 Å². The largest absolute Gasteiger partial charge is 0.416 e.